The zero-order chi connectivity index (χ0) is 24.1. The Labute approximate surface area is 199 Å². The van der Waals surface area contributed by atoms with Gasteiger partial charge in [0.1, 0.15) is 5.82 Å². The highest BCUT2D eigenvalue weighted by atomic mass is 19.2. The van der Waals surface area contributed by atoms with Gasteiger partial charge in [0.05, 0.1) is 19.3 Å². The van der Waals surface area contributed by atoms with Crippen LogP contribution in [0.2, 0.25) is 0 Å². The molecule has 1 fully saturated rings. The molecule has 0 atom stereocenters. The van der Waals surface area contributed by atoms with E-state index in [0.29, 0.717) is 17.7 Å². The predicted molar refractivity (Wildman–Crippen MR) is 128 cm³/mol. The number of halogens is 3. The van der Waals surface area contributed by atoms with Gasteiger partial charge >= 0.3 is 0 Å². The SMILES string of the molecule is CCOCc1ccc(C2CCC(OCc3ccc(-c4ccc(C)cc4)c(F)c3F)CC2)cc1F. The van der Waals surface area contributed by atoms with Crippen LogP contribution in [-0.2, 0) is 22.7 Å². The third-order valence-corrected chi connectivity index (χ3v) is 6.68. The third kappa shape index (κ3) is 5.70. The highest BCUT2D eigenvalue weighted by Gasteiger charge is 2.24. The van der Waals surface area contributed by atoms with E-state index in [4.69, 9.17) is 9.47 Å². The van der Waals surface area contributed by atoms with E-state index in [-0.39, 0.29) is 42.2 Å². The Morgan fingerprint density at radius 1 is 0.794 bits per heavy atom. The Morgan fingerprint density at radius 3 is 2.18 bits per heavy atom. The molecule has 1 saturated carbocycles. The van der Waals surface area contributed by atoms with Crippen LogP contribution in [0.4, 0.5) is 13.2 Å². The largest absolute Gasteiger partial charge is 0.377 e. The molecule has 0 heterocycles. The van der Waals surface area contributed by atoms with Gasteiger partial charge in [-0.15, -0.1) is 0 Å². The maximum atomic E-state index is 14.7. The lowest BCUT2D eigenvalue weighted by Gasteiger charge is -2.29. The molecule has 4 rings (SSSR count). The summed E-state index contributed by atoms with van der Waals surface area (Å²) in [6.07, 6.45) is 3.34. The van der Waals surface area contributed by atoms with Crippen LogP contribution in [-0.4, -0.2) is 12.7 Å². The summed E-state index contributed by atoms with van der Waals surface area (Å²) in [7, 11) is 0. The molecule has 2 nitrogen and oxygen atoms in total. The number of hydrogen-bond donors (Lipinski definition) is 0. The molecule has 0 spiro atoms. The molecule has 180 valence electrons. The molecule has 0 radical (unpaired) electrons. The van der Waals surface area contributed by atoms with Crippen LogP contribution in [0.3, 0.4) is 0 Å². The molecule has 1 aliphatic rings. The monoisotopic (exact) mass is 468 g/mol. The summed E-state index contributed by atoms with van der Waals surface area (Å²) in [6, 6.07) is 16.0. The van der Waals surface area contributed by atoms with Gasteiger partial charge in [0.25, 0.3) is 0 Å². The maximum absolute atomic E-state index is 14.7. The van der Waals surface area contributed by atoms with Crippen molar-refractivity contribution in [3.05, 3.63) is 94.3 Å². The van der Waals surface area contributed by atoms with E-state index < -0.39 is 11.6 Å². The third-order valence-electron chi connectivity index (χ3n) is 6.68. The van der Waals surface area contributed by atoms with Gasteiger partial charge in [-0.1, -0.05) is 54.1 Å². The van der Waals surface area contributed by atoms with Crippen molar-refractivity contribution in [2.24, 2.45) is 0 Å². The maximum Gasteiger partial charge on any atom is 0.167 e. The lowest BCUT2D eigenvalue weighted by Crippen LogP contribution is -2.21. The molecule has 34 heavy (non-hydrogen) atoms. The summed E-state index contributed by atoms with van der Waals surface area (Å²) in [4.78, 5) is 0. The Morgan fingerprint density at radius 2 is 1.50 bits per heavy atom. The Hall–Kier alpha value is -2.63. The van der Waals surface area contributed by atoms with Crippen molar-refractivity contribution < 1.29 is 22.6 Å². The summed E-state index contributed by atoms with van der Waals surface area (Å²) >= 11 is 0. The molecule has 0 aliphatic heterocycles. The first-order valence-electron chi connectivity index (χ1n) is 12.0. The first kappa shape index (κ1) is 24.5. The molecular weight excluding hydrogens is 437 g/mol. The van der Waals surface area contributed by atoms with Crippen LogP contribution in [0.25, 0.3) is 11.1 Å². The molecule has 0 amide bonds. The fourth-order valence-electron chi connectivity index (χ4n) is 4.57. The summed E-state index contributed by atoms with van der Waals surface area (Å²) in [5, 5.41) is 0. The van der Waals surface area contributed by atoms with Crippen LogP contribution < -0.4 is 0 Å². The quantitative estimate of drug-likeness (QED) is 0.335. The zero-order valence-corrected chi connectivity index (χ0v) is 19.8. The standard InChI is InChI=1S/C29H31F3O2/c1-3-33-17-23-9-8-22(16-27(23)30)20-10-13-25(14-11-20)34-18-24-12-15-26(29(32)28(24)31)21-6-4-19(2)5-7-21/h4-9,12,15-16,20,25H,3,10-11,13-14,17-18H2,1-2H3. The van der Waals surface area contributed by atoms with Crippen molar-refractivity contribution >= 4 is 0 Å². The second kappa shape index (κ2) is 11.2. The average molecular weight is 469 g/mol. The number of benzene rings is 3. The predicted octanol–water partition coefficient (Wildman–Crippen LogP) is 7.86. The lowest BCUT2D eigenvalue weighted by molar-refractivity contribution is 0.0119. The van der Waals surface area contributed by atoms with Crippen LogP contribution in [0.1, 0.15) is 60.8 Å². The fourth-order valence-corrected chi connectivity index (χ4v) is 4.57. The minimum absolute atomic E-state index is 0.0161. The van der Waals surface area contributed by atoms with Crippen molar-refractivity contribution in [2.75, 3.05) is 6.61 Å². The molecule has 0 saturated heterocycles. The van der Waals surface area contributed by atoms with E-state index in [1.807, 2.05) is 32.0 Å². The number of aryl methyl sites for hydroxylation is 1. The van der Waals surface area contributed by atoms with Crippen molar-refractivity contribution in [1.82, 2.24) is 0 Å². The Balaban J connectivity index is 1.32. The lowest BCUT2D eigenvalue weighted by atomic mass is 9.82. The first-order chi connectivity index (χ1) is 16.5. The average Bonchev–Trinajstić information content (AvgIpc) is 2.85. The highest BCUT2D eigenvalue weighted by molar-refractivity contribution is 5.65. The van der Waals surface area contributed by atoms with Crippen molar-refractivity contribution in [3.63, 3.8) is 0 Å². The van der Waals surface area contributed by atoms with Crippen LogP contribution in [0.5, 0.6) is 0 Å². The van der Waals surface area contributed by atoms with Crippen LogP contribution >= 0.6 is 0 Å². The Kier molecular flexibility index (Phi) is 8.07. The van der Waals surface area contributed by atoms with Crippen LogP contribution in [0.15, 0.2) is 54.6 Å². The molecule has 3 aromatic rings. The van der Waals surface area contributed by atoms with Crippen molar-refractivity contribution in [2.45, 2.75) is 64.8 Å². The minimum atomic E-state index is -0.852. The van der Waals surface area contributed by atoms with Gasteiger partial charge in [-0.05, 0) is 62.6 Å². The molecule has 0 N–H and O–H groups in total. The number of rotatable bonds is 8. The van der Waals surface area contributed by atoms with E-state index in [2.05, 4.69) is 0 Å². The van der Waals surface area contributed by atoms with Crippen molar-refractivity contribution in [1.29, 1.82) is 0 Å². The molecule has 0 aromatic heterocycles. The van der Waals surface area contributed by atoms with Crippen LogP contribution in [0, 0.1) is 24.4 Å². The molecule has 5 heteroatoms. The van der Waals surface area contributed by atoms with Gasteiger partial charge in [0.2, 0.25) is 0 Å². The van der Waals surface area contributed by atoms with E-state index in [1.54, 1.807) is 36.4 Å². The van der Waals surface area contributed by atoms with Gasteiger partial charge in [-0.25, -0.2) is 13.2 Å². The number of hydrogen-bond acceptors (Lipinski definition) is 2. The van der Waals surface area contributed by atoms with E-state index in [1.165, 1.54) is 0 Å². The smallest absolute Gasteiger partial charge is 0.167 e. The normalized spacial score (nSPS) is 18.3. The van der Waals surface area contributed by atoms with Gasteiger partial charge in [0.15, 0.2) is 11.6 Å². The highest BCUT2D eigenvalue weighted by Crippen LogP contribution is 2.35. The van der Waals surface area contributed by atoms with Gasteiger partial charge in [-0.3, -0.25) is 0 Å². The van der Waals surface area contributed by atoms with E-state index in [9.17, 15) is 13.2 Å². The van der Waals surface area contributed by atoms with Crippen molar-refractivity contribution in [3.8, 4) is 11.1 Å². The van der Waals surface area contributed by atoms with E-state index >= 15 is 0 Å². The minimum Gasteiger partial charge on any atom is -0.377 e. The molecule has 0 unspecified atom stereocenters. The van der Waals surface area contributed by atoms with Gasteiger partial charge in [-0.2, -0.15) is 0 Å². The summed E-state index contributed by atoms with van der Waals surface area (Å²) in [5.41, 5.74) is 3.76. The molecule has 1 aliphatic carbocycles. The van der Waals surface area contributed by atoms with E-state index in [0.717, 1.165) is 36.8 Å². The van der Waals surface area contributed by atoms with Gasteiger partial charge in [0, 0.05) is 23.3 Å². The summed E-state index contributed by atoms with van der Waals surface area (Å²) in [6.45, 7) is 4.71. The van der Waals surface area contributed by atoms with Gasteiger partial charge < -0.3 is 9.47 Å². The zero-order valence-electron chi connectivity index (χ0n) is 19.8. The summed E-state index contributed by atoms with van der Waals surface area (Å²) in [5.74, 6) is -1.65. The fraction of sp³-hybridized carbons (Fsp3) is 0.379. The molecular formula is C29H31F3O2. The molecule has 3 aromatic carbocycles. The second-order valence-corrected chi connectivity index (χ2v) is 9.04. The second-order valence-electron chi connectivity index (χ2n) is 9.04. The molecule has 0 bridgehead atoms. The first-order valence-corrected chi connectivity index (χ1v) is 12.0. The Bertz CT molecular complexity index is 1100. The summed E-state index contributed by atoms with van der Waals surface area (Å²) < 4.78 is 55.0. The topological polar surface area (TPSA) is 18.5 Å². The number of ether oxygens (including phenoxy) is 2.